The molecule has 7 heteroatoms. The predicted molar refractivity (Wildman–Crippen MR) is 108 cm³/mol. The summed E-state index contributed by atoms with van der Waals surface area (Å²) in [6.07, 6.45) is 0.985. The van der Waals surface area contributed by atoms with Gasteiger partial charge in [0.25, 0.3) is 0 Å². The molecule has 1 heterocycles. The van der Waals surface area contributed by atoms with Gasteiger partial charge in [0.1, 0.15) is 5.00 Å². The number of esters is 1. The Bertz CT molecular complexity index is 714. The average Bonchev–Trinajstić information content (AvgIpc) is 3.02. The van der Waals surface area contributed by atoms with Gasteiger partial charge in [-0.15, -0.1) is 11.3 Å². The number of carbonyl (C=O) groups excluding carboxylic acids is 1. The topological polar surface area (TPSA) is 53.6 Å². The Kier molecular flexibility index (Phi) is 7.36. The van der Waals surface area contributed by atoms with Gasteiger partial charge < -0.3 is 20.3 Å². The third-order valence-corrected chi connectivity index (χ3v) is 4.84. The Morgan fingerprint density at radius 3 is 2.64 bits per heavy atom. The van der Waals surface area contributed by atoms with Crippen LogP contribution in [0.4, 0.5) is 5.00 Å². The zero-order chi connectivity index (χ0) is 18.2. The van der Waals surface area contributed by atoms with Crippen molar-refractivity contribution in [2.75, 3.05) is 39.6 Å². The minimum Gasteiger partial charge on any atom is -0.465 e. The fourth-order valence-electron chi connectivity index (χ4n) is 2.23. The minimum atomic E-state index is -0.378. The monoisotopic (exact) mass is 377 g/mol. The van der Waals surface area contributed by atoms with Crippen LogP contribution in [-0.2, 0) is 4.74 Å². The molecule has 25 heavy (non-hydrogen) atoms. The predicted octanol–water partition coefficient (Wildman–Crippen LogP) is 3.44. The maximum Gasteiger partial charge on any atom is 0.340 e. The molecule has 2 rings (SSSR count). The number of hydrogen-bond donors (Lipinski definition) is 2. The van der Waals surface area contributed by atoms with E-state index in [0.717, 1.165) is 30.0 Å². The number of ether oxygens (including phenoxy) is 1. The van der Waals surface area contributed by atoms with E-state index in [9.17, 15) is 4.79 Å². The molecule has 1 aromatic heterocycles. The van der Waals surface area contributed by atoms with Crippen LogP contribution in [0.15, 0.2) is 36.4 Å². The zero-order valence-electron chi connectivity index (χ0n) is 14.7. The molecular formula is C18H23N3O2S2. The summed E-state index contributed by atoms with van der Waals surface area (Å²) < 4.78 is 4.89. The van der Waals surface area contributed by atoms with Gasteiger partial charge in [0, 0.05) is 11.4 Å². The summed E-state index contributed by atoms with van der Waals surface area (Å²) in [6.45, 7) is 1.76. The average molecular weight is 378 g/mol. The second kappa shape index (κ2) is 9.50. The summed E-state index contributed by atoms with van der Waals surface area (Å²) in [5.74, 6) is -0.378. The van der Waals surface area contributed by atoms with Crippen LogP contribution < -0.4 is 10.6 Å². The summed E-state index contributed by atoms with van der Waals surface area (Å²) >= 11 is 6.82. The van der Waals surface area contributed by atoms with E-state index in [2.05, 4.69) is 15.5 Å². The molecule has 0 aliphatic rings. The molecular weight excluding hydrogens is 354 g/mol. The number of nitrogens with one attached hydrogen (secondary N) is 2. The summed E-state index contributed by atoms with van der Waals surface area (Å²) in [5, 5.41) is 7.49. The maximum absolute atomic E-state index is 12.1. The van der Waals surface area contributed by atoms with E-state index in [-0.39, 0.29) is 5.97 Å². The maximum atomic E-state index is 12.1. The summed E-state index contributed by atoms with van der Waals surface area (Å²) in [5.41, 5.74) is 1.54. The van der Waals surface area contributed by atoms with Crippen molar-refractivity contribution < 1.29 is 9.53 Å². The zero-order valence-corrected chi connectivity index (χ0v) is 16.3. The fraction of sp³-hybridized carbons (Fsp3) is 0.333. The highest BCUT2D eigenvalue weighted by molar-refractivity contribution is 7.80. The van der Waals surface area contributed by atoms with E-state index in [1.165, 1.54) is 18.4 Å². The second-order valence-electron chi connectivity index (χ2n) is 5.75. The van der Waals surface area contributed by atoms with Crippen molar-refractivity contribution in [1.82, 2.24) is 10.2 Å². The Hall–Kier alpha value is -1.96. The number of thiophene rings is 1. The van der Waals surface area contributed by atoms with Crippen molar-refractivity contribution in [3.63, 3.8) is 0 Å². The van der Waals surface area contributed by atoms with Crippen LogP contribution in [0.3, 0.4) is 0 Å². The standard InChI is InChI=1S/C18H23N3O2S2/c1-21(2)11-7-10-19-18(24)20-16-14(17(22)23-3)12-15(25-16)13-8-5-4-6-9-13/h4-6,8-9,12H,7,10-11H2,1-3H3,(H2,19,20,24). The first-order valence-corrected chi connectivity index (χ1v) is 9.21. The normalized spacial score (nSPS) is 10.6. The van der Waals surface area contributed by atoms with E-state index in [1.807, 2.05) is 50.5 Å². The number of anilines is 1. The molecule has 2 aromatic rings. The Balaban J connectivity index is 2.09. The fourth-order valence-corrected chi connectivity index (χ4v) is 3.56. The number of carbonyl (C=O) groups is 1. The summed E-state index contributed by atoms with van der Waals surface area (Å²) in [7, 11) is 5.45. The third-order valence-electron chi connectivity index (χ3n) is 3.49. The number of thiocarbonyl (C=S) groups is 1. The molecule has 0 amide bonds. The van der Waals surface area contributed by atoms with E-state index < -0.39 is 0 Å². The lowest BCUT2D eigenvalue weighted by Crippen LogP contribution is -2.31. The van der Waals surface area contributed by atoms with E-state index in [4.69, 9.17) is 17.0 Å². The molecule has 0 unspecified atom stereocenters. The van der Waals surface area contributed by atoms with Gasteiger partial charge in [0.05, 0.1) is 12.7 Å². The Morgan fingerprint density at radius 2 is 2.00 bits per heavy atom. The van der Waals surface area contributed by atoms with Crippen molar-refractivity contribution >= 4 is 39.6 Å². The lowest BCUT2D eigenvalue weighted by Gasteiger charge is -2.12. The van der Waals surface area contributed by atoms with Gasteiger partial charge in [-0.25, -0.2) is 4.79 Å². The largest absolute Gasteiger partial charge is 0.465 e. The van der Waals surface area contributed by atoms with Crippen LogP contribution in [0.5, 0.6) is 0 Å². The van der Waals surface area contributed by atoms with Crippen LogP contribution in [0.1, 0.15) is 16.8 Å². The van der Waals surface area contributed by atoms with Gasteiger partial charge in [-0.1, -0.05) is 30.3 Å². The molecule has 2 N–H and O–H groups in total. The second-order valence-corrected chi connectivity index (χ2v) is 7.21. The quantitative estimate of drug-likeness (QED) is 0.438. The van der Waals surface area contributed by atoms with Gasteiger partial charge in [-0.2, -0.15) is 0 Å². The molecule has 0 atom stereocenters. The van der Waals surface area contributed by atoms with E-state index >= 15 is 0 Å². The van der Waals surface area contributed by atoms with Crippen LogP contribution in [-0.4, -0.2) is 50.3 Å². The van der Waals surface area contributed by atoms with Gasteiger partial charge in [-0.05, 0) is 50.9 Å². The van der Waals surface area contributed by atoms with E-state index in [1.54, 1.807) is 0 Å². The number of rotatable bonds is 7. The first-order valence-electron chi connectivity index (χ1n) is 7.98. The van der Waals surface area contributed by atoms with Crippen molar-refractivity contribution in [1.29, 1.82) is 0 Å². The van der Waals surface area contributed by atoms with Gasteiger partial charge in [0.2, 0.25) is 0 Å². The molecule has 5 nitrogen and oxygen atoms in total. The number of benzene rings is 1. The molecule has 0 aliphatic heterocycles. The third kappa shape index (κ3) is 5.81. The van der Waals surface area contributed by atoms with Crippen molar-refractivity contribution in [3.8, 4) is 10.4 Å². The molecule has 0 saturated heterocycles. The highest BCUT2D eigenvalue weighted by Gasteiger charge is 2.18. The van der Waals surface area contributed by atoms with Crippen molar-refractivity contribution in [3.05, 3.63) is 42.0 Å². The molecule has 0 fully saturated rings. The van der Waals surface area contributed by atoms with Gasteiger partial charge >= 0.3 is 5.97 Å². The summed E-state index contributed by atoms with van der Waals surface area (Å²) in [4.78, 5) is 15.2. The molecule has 0 saturated carbocycles. The van der Waals surface area contributed by atoms with Crippen LogP contribution in [0.25, 0.3) is 10.4 Å². The minimum absolute atomic E-state index is 0.378. The first-order chi connectivity index (χ1) is 12.0. The van der Waals surface area contributed by atoms with E-state index in [0.29, 0.717) is 15.7 Å². The highest BCUT2D eigenvalue weighted by atomic mass is 32.1. The molecule has 0 spiro atoms. The number of hydrogen-bond acceptors (Lipinski definition) is 5. The van der Waals surface area contributed by atoms with Crippen LogP contribution >= 0.6 is 23.6 Å². The van der Waals surface area contributed by atoms with Gasteiger partial charge in [0.15, 0.2) is 5.11 Å². The lowest BCUT2D eigenvalue weighted by molar-refractivity contribution is 0.0602. The Morgan fingerprint density at radius 1 is 1.28 bits per heavy atom. The molecule has 0 radical (unpaired) electrons. The van der Waals surface area contributed by atoms with Crippen LogP contribution in [0.2, 0.25) is 0 Å². The van der Waals surface area contributed by atoms with Gasteiger partial charge in [-0.3, -0.25) is 0 Å². The SMILES string of the molecule is COC(=O)c1cc(-c2ccccc2)sc1NC(=S)NCCCN(C)C. The smallest absolute Gasteiger partial charge is 0.340 e. The molecule has 1 aromatic carbocycles. The van der Waals surface area contributed by atoms with Crippen molar-refractivity contribution in [2.24, 2.45) is 0 Å². The van der Waals surface area contributed by atoms with Crippen molar-refractivity contribution in [2.45, 2.75) is 6.42 Å². The Labute approximate surface area is 158 Å². The first kappa shape index (κ1) is 19.4. The molecule has 0 aliphatic carbocycles. The highest BCUT2D eigenvalue weighted by Crippen LogP contribution is 2.35. The number of methoxy groups -OCH3 is 1. The van der Waals surface area contributed by atoms with Crippen LogP contribution in [0, 0.1) is 0 Å². The number of nitrogens with zero attached hydrogens (tertiary/aromatic N) is 1. The molecule has 0 bridgehead atoms. The molecule has 134 valence electrons. The summed E-state index contributed by atoms with van der Waals surface area (Å²) in [6, 6.07) is 11.8. The lowest BCUT2D eigenvalue weighted by atomic mass is 10.1.